The van der Waals surface area contributed by atoms with Crippen molar-refractivity contribution in [2.45, 2.75) is 44.9 Å². The average molecular weight is 336 g/mol. The van der Waals surface area contributed by atoms with Crippen molar-refractivity contribution in [1.82, 2.24) is 5.32 Å². The fourth-order valence-corrected chi connectivity index (χ4v) is 2.34. The standard InChI is InChI=1S/C17H24N2O5/c18-16(21)13-9-6-7-10-14(13)17(22)19-12-8-4-2-1-3-5-11-15(20)24-23/h6-7,9-10,23H,1-5,8,11-12H2,(H2,18,21)(H,19,22). The molecule has 0 aliphatic heterocycles. The van der Waals surface area contributed by atoms with Gasteiger partial charge in [-0.2, -0.15) is 5.26 Å². The van der Waals surface area contributed by atoms with E-state index in [-0.39, 0.29) is 17.9 Å². The van der Waals surface area contributed by atoms with E-state index >= 15 is 0 Å². The molecule has 0 saturated heterocycles. The molecule has 0 unspecified atom stereocenters. The normalized spacial score (nSPS) is 10.2. The summed E-state index contributed by atoms with van der Waals surface area (Å²) >= 11 is 0. The summed E-state index contributed by atoms with van der Waals surface area (Å²) in [5, 5.41) is 10.9. The Hall–Kier alpha value is -2.41. The zero-order valence-electron chi connectivity index (χ0n) is 13.6. The van der Waals surface area contributed by atoms with Crippen LogP contribution in [-0.4, -0.2) is 29.6 Å². The third kappa shape index (κ3) is 7.23. The Morgan fingerprint density at radius 1 is 0.958 bits per heavy atom. The average Bonchev–Trinajstić information content (AvgIpc) is 2.59. The topological polar surface area (TPSA) is 119 Å². The fourth-order valence-electron chi connectivity index (χ4n) is 2.34. The van der Waals surface area contributed by atoms with Crippen molar-refractivity contribution in [1.29, 1.82) is 0 Å². The molecule has 0 aliphatic rings. The number of rotatable bonds is 11. The van der Waals surface area contributed by atoms with E-state index in [0.29, 0.717) is 18.5 Å². The Labute approximate surface area is 141 Å². The maximum absolute atomic E-state index is 12.1. The number of benzene rings is 1. The van der Waals surface area contributed by atoms with Gasteiger partial charge >= 0.3 is 5.97 Å². The van der Waals surface area contributed by atoms with Crippen LogP contribution in [0.5, 0.6) is 0 Å². The van der Waals surface area contributed by atoms with Gasteiger partial charge in [-0.15, -0.1) is 0 Å². The molecule has 132 valence electrons. The molecular weight excluding hydrogens is 312 g/mol. The van der Waals surface area contributed by atoms with Gasteiger partial charge in [0.15, 0.2) is 0 Å². The zero-order chi connectivity index (χ0) is 17.8. The van der Waals surface area contributed by atoms with Crippen LogP contribution in [0.15, 0.2) is 24.3 Å². The summed E-state index contributed by atoms with van der Waals surface area (Å²) in [6, 6.07) is 6.46. The molecule has 1 aromatic carbocycles. The highest BCUT2D eigenvalue weighted by Crippen LogP contribution is 2.09. The van der Waals surface area contributed by atoms with Crippen molar-refractivity contribution < 1.29 is 24.5 Å². The molecule has 0 heterocycles. The fraction of sp³-hybridized carbons (Fsp3) is 0.471. The Morgan fingerprint density at radius 2 is 1.54 bits per heavy atom. The molecule has 0 saturated carbocycles. The molecule has 0 bridgehead atoms. The van der Waals surface area contributed by atoms with Gasteiger partial charge in [-0.1, -0.05) is 37.8 Å². The molecule has 0 spiro atoms. The van der Waals surface area contributed by atoms with E-state index in [2.05, 4.69) is 10.2 Å². The van der Waals surface area contributed by atoms with Crippen molar-refractivity contribution in [3.8, 4) is 0 Å². The van der Waals surface area contributed by atoms with Gasteiger partial charge < -0.3 is 15.9 Å². The van der Waals surface area contributed by atoms with Gasteiger partial charge in [-0.05, 0) is 25.0 Å². The minimum absolute atomic E-state index is 0.219. The van der Waals surface area contributed by atoms with Gasteiger partial charge in [0.1, 0.15) is 0 Å². The van der Waals surface area contributed by atoms with Crippen LogP contribution in [0, 0.1) is 0 Å². The molecule has 2 amide bonds. The van der Waals surface area contributed by atoms with Gasteiger partial charge in [0.05, 0.1) is 11.1 Å². The quantitative estimate of drug-likeness (QED) is 0.325. The highest BCUT2D eigenvalue weighted by molar-refractivity contribution is 6.06. The SMILES string of the molecule is NC(=O)c1ccccc1C(=O)NCCCCCCCCC(=O)OO. The lowest BCUT2D eigenvalue weighted by Gasteiger charge is -2.08. The van der Waals surface area contributed by atoms with Crippen LogP contribution in [0.3, 0.4) is 0 Å². The predicted octanol–water partition coefficient (Wildman–Crippen LogP) is 2.26. The summed E-state index contributed by atoms with van der Waals surface area (Å²) < 4.78 is 0. The predicted molar refractivity (Wildman–Crippen MR) is 88.3 cm³/mol. The van der Waals surface area contributed by atoms with Crippen molar-refractivity contribution >= 4 is 17.8 Å². The Kier molecular flexibility index (Phi) is 9.14. The first-order valence-electron chi connectivity index (χ1n) is 8.07. The summed E-state index contributed by atoms with van der Waals surface area (Å²) in [5.41, 5.74) is 5.76. The molecular formula is C17H24N2O5. The van der Waals surface area contributed by atoms with Gasteiger partial charge in [-0.3, -0.25) is 9.59 Å². The second kappa shape index (κ2) is 11.2. The first-order chi connectivity index (χ1) is 11.6. The van der Waals surface area contributed by atoms with Gasteiger partial charge in [-0.25, -0.2) is 4.79 Å². The number of hydrogen-bond donors (Lipinski definition) is 3. The molecule has 1 aromatic rings. The molecule has 0 fully saturated rings. The molecule has 7 nitrogen and oxygen atoms in total. The van der Waals surface area contributed by atoms with Gasteiger partial charge in [0.2, 0.25) is 5.91 Å². The second-order valence-electron chi connectivity index (χ2n) is 5.50. The summed E-state index contributed by atoms with van der Waals surface area (Å²) in [6.45, 7) is 0.531. The third-order valence-corrected chi connectivity index (χ3v) is 3.63. The number of hydrogen-bond acceptors (Lipinski definition) is 5. The van der Waals surface area contributed by atoms with Crippen LogP contribution in [-0.2, 0) is 9.68 Å². The molecule has 0 atom stereocenters. The van der Waals surface area contributed by atoms with E-state index in [1.165, 1.54) is 6.07 Å². The number of carbonyl (C=O) groups excluding carboxylic acids is 3. The Morgan fingerprint density at radius 3 is 2.17 bits per heavy atom. The van der Waals surface area contributed by atoms with Crippen molar-refractivity contribution in [3.05, 3.63) is 35.4 Å². The maximum Gasteiger partial charge on any atom is 0.342 e. The largest absolute Gasteiger partial charge is 0.366 e. The van der Waals surface area contributed by atoms with E-state index < -0.39 is 11.9 Å². The molecule has 0 aromatic heterocycles. The van der Waals surface area contributed by atoms with Crippen molar-refractivity contribution in [2.75, 3.05) is 6.54 Å². The van der Waals surface area contributed by atoms with Crippen molar-refractivity contribution in [3.63, 3.8) is 0 Å². The zero-order valence-corrected chi connectivity index (χ0v) is 13.6. The molecule has 4 N–H and O–H groups in total. The van der Waals surface area contributed by atoms with Gasteiger partial charge in [0.25, 0.3) is 5.91 Å². The van der Waals surface area contributed by atoms with E-state index in [4.69, 9.17) is 11.0 Å². The third-order valence-electron chi connectivity index (χ3n) is 3.63. The van der Waals surface area contributed by atoms with Crippen LogP contribution < -0.4 is 11.1 Å². The first-order valence-corrected chi connectivity index (χ1v) is 8.07. The second-order valence-corrected chi connectivity index (χ2v) is 5.50. The number of nitrogens with two attached hydrogens (primary N) is 1. The lowest BCUT2D eigenvalue weighted by atomic mass is 10.1. The Balaban J connectivity index is 2.14. The van der Waals surface area contributed by atoms with Crippen LogP contribution in [0.1, 0.15) is 65.7 Å². The number of carbonyl (C=O) groups is 3. The smallest absolute Gasteiger partial charge is 0.342 e. The number of nitrogens with one attached hydrogen (secondary N) is 1. The van der Waals surface area contributed by atoms with Crippen LogP contribution in [0.25, 0.3) is 0 Å². The maximum atomic E-state index is 12.1. The van der Waals surface area contributed by atoms with Crippen LogP contribution >= 0.6 is 0 Å². The summed E-state index contributed by atoms with van der Waals surface area (Å²) in [5.74, 6) is -1.52. The summed E-state index contributed by atoms with van der Waals surface area (Å²) in [7, 11) is 0. The van der Waals surface area contributed by atoms with Crippen LogP contribution in [0.2, 0.25) is 0 Å². The Bertz CT molecular complexity index is 560. The minimum Gasteiger partial charge on any atom is -0.366 e. The highest BCUT2D eigenvalue weighted by Gasteiger charge is 2.13. The number of primary amides is 1. The molecule has 0 aliphatic carbocycles. The lowest BCUT2D eigenvalue weighted by molar-refractivity contribution is -0.234. The van der Waals surface area contributed by atoms with Crippen molar-refractivity contribution in [2.24, 2.45) is 5.73 Å². The summed E-state index contributed by atoms with van der Waals surface area (Å²) in [4.78, 5) is 37.6. The lowest BCUT2D eigenvalue weighted by Crippen LogP contribution is -2.27. The van der Waals surface area contributed by atoms with Gasteiger partial charge in [0, 0.05) is 13.0 Å². The minimum atomic E-state index is -0.620. The van der Waals surface area contributed by atoms with E-state index in [0.717, 1.165) is 32.1 Å². The molecule has 0 radical (unpaired) electrons. The van der Waals surface area contributed by atoms with Crippen LogP contribution in [0.4, 0.5) is 0 Å². The van der Waals surface area contributed by atoms with E-state index in [9.17, 15) is 14.4 Å². The van der Waals surface area contributed by atoms with E-state index in [1.807, 2.05) is 0 Å². The first kappa shape index (κ1) is 19.6. The highest BCUT2D eigenvalue weighted by atomic mass is 17.1. The molecule has 24 heavy (non-hydrogen) atoms. The monoisotopic (exact) mass is 336 g/mol. The number of amides is 2. The van der Waals surface area contributed by atoms with E-state index in [1.54, 1.807) is 18.2 Å². The molecule has 7 heteroatoms. The summed E-state index contributed by atoms with van der Waals surface area (Å²) in [6.07, 6.45) is 5.60. The molecule has 1 rings (SSSR count). The number of unbranched alkanes of at least 4 members (excludes halogenated alkanes) is 5.